The van der Waals surface area contributed by atoms with Gasteiger partial charge in [-0.1, -0.05) is 22.9 Å². The summed E-state index contributed by atoms with van der Waals surface area (Å²) in [5.74, 6) is 1.19. The Morgan fingerprint density at radius 2 is 1.95 bits per heavy atom. The van der Waals surface area contributed by atoms with E-state index in [2.05, 4.69) is 26.2 Å². The summed E-state index contributed by atoms with van der Waals surface area (Å²) in [5, 5.41) is 3.21. The molecule has 2 rings (SSSR count). The molecule has 0 bridgehead atoms. The van der Waals surface area contributed by atoms with Crippen molar-refractivity contribution >= 4 is 33.1 Å². The Kier molecular flexibility index (Phi) is 4.63. The molecule has 1 aromatic carbocycles. The molecule has 3 N–H and O–H groups in total. The number of nitrogens with one attached hydrogen (secondary N) is 1. The summed E-state index contributed by atoms with van der Waals surface area (Å²) in [4.78, 5) is 4.36. The van der Waals surface area contributed by atoms with E-state index in [1.165, 1.54) is 0 Å². The molecule has 19 heavy (non-hydrogen) atoms. The van der Waals surface area contributed by atoms with Crippen molar-refractivity contribution in [1.82, 2.24) is 4.98 Å². The Bertz CT molecular complexity index is 543. The van der Waals surface area contributed by atoms with Gasteiger partial charge in [0.25, 0.3) is 0 Å². The molecule has 4 nitrogen and oxygen atoms in total. The maximum atomic E-state index is 5.82. The van der Waals surface area contributed by atoms with Crippen molar-refractivity contribution in [3.8, 4) is 5.88 Å². The van der Waals surface area contributed by atoms with Crippen molar-refractivity contribution in [3.05, 3.63) is 40.9 Å². The van der Waals surface area contributed by atoms with Crippen LogP contribution in [0.1, 0.15) is 13.3 Å². The normalized spacial score (nSPS) is 10.2. The lowest BCUT2D eigenvalue weighted by molar-refractivity contribution is 0.307. The van der Waals surface area contributed by atoms with Gasteiger partial charge in [0.2, 0.25) is 5.88 Å². The molecule has 0 fully saturated rings. The third-order valence-electron chi connectivity index (χ3n) is 2.45. The van der Waals surface area contributed by atoms with Crippen molar-refractivity contribution in [2.75, 3.05) is 17.7 Å². The van der Waals surface area contributed by atoms with E-state index in [0.717, 1.165) is 16.6 Å². The summed E-state index contributed by atoms with van der Waals surface area (Å²) < 4.78 is 6.54. The minimum Gasteiger partial charge on any atom is -0.476 e. The van der Waals surface area contributed by atoms with Crippen molar-refractivity contribution in [3.63, 3.8) is 0 Å². The lowest BCUT2D eigenvalue weighted by atomic mass is 10.3. The number of nitrogen functional groups attached to an aromatic ring is 1. The van der Waals surface area contributed by atoms with Crippen LogP contribution in [-0.4, -0.2) is 11.6 Å². The van der Waals surface area contributed by atoms with Gasteiger partial charge in [-0.15, -0.1) is 0 Å². The van der Waals surface area contributed by atoms with Gasteiger partial charge in [-0.3, -0.25) is 0 Å². The van der Waals surface area contributed by atoms with Gasteiger partial charge in [-0.05, 0) is 42.8 Å². The Hall–Kier alpha value is -1.75. The number of aromatic nitrogens is 1. The summed E-state index contributed by atoms with van der Waals surface area (Å²) >= 11 is 3.40. The molecule has 0 atom stereocenters. The Morgan fingerprint density at radius 3 is 2.63 bits per heavy atom. The molecule has 0 aliphatic carbocycles. The molecule has 0 aliphatic heterocycles. The molecule has 2 aromatic rings. The minimum atomic E-state index is 0.476. The first kappa shape index (κ1) is 13.7. The number of anilines is 3. The van der Waals surface area contributed by atoms with Crippen LogP contribution in [0.25, 0.3) is 0 Å². The Labute approximate surface area is 121 Å². The summed E-state index contributed by atoms with van der Waals surface area (Å²) in [5.41, 5.74) is 7.33. The second-order valence-electron chi connectivity index (χ2n) is 4.07. The van der Waals surface area contributed by atoms with Crippen LogP contribution in [-0.2, 0) is 0 Å². The summed E-state index contributed by atoms with van der Waals surface area (Å²) in [6.07, 6.45) is 0.922. The SMILES string of the molecule is CCCOc1nc(Nc2ccc(Br)cc2)ccc1N. The van der Waals surface area contributed by atoms with Gasteiger partial charge in [0.1, 0.15) is 5.82 Å². The fourth-order valence-corrected chi connectivity index (χ4v) is 1.78. The number of pyridine rings is 1. The minimum absolute atomic E-state index is 0.476. The standard InChI is InChI=1S/C14H16BrN3O/c1-2-9-19-14-12(16)7-8-13(18-14)17-11-5-3-10(15)4-6-11/h3-8H,2,9,16H2,1H3,(H,17,18). The number of nitrogens with two attached hydrogens (primary N) is 1. The molecule has 100 valence electrons. The zero-order chi connectivity index (χ0) is 13.7. The van der Waals surface area contributed by atoms with Crippen LogP contribution in [0.2, 0.25) is 0 Å². The third kappa shape index (κ3) is 3.86. The predicted molar refractivity (Wildman–Crippen MR) is 81.9 cm³/mol. The molecule has 1 aromatic heterocycles. The van der Waals surface area contributed by atoms with Crippen molar-refractivity contribution in [1.29, 1.82) is 0 Å². The fraction of sp³-hybridized carbons (Fsp3) is 0.214. The topological polar surface area (TPSA) is 60.2 Å². The Morgan fingerprint density at radius 1 is 1.21 bits per heavy atom. The molecule has 0 radical (unpaired) electrons. The van der Waals surface area contributed by atoms with E-state index in [1.54, 1.807) is 6.07 Å². The Balaban J connectivity index is 2.14. The van der Waals surface area contributed by atoms with Crippen molar-refractivity contribution in [2.45, 2.75) is 13.3 Å². The first-order chi connectivity index (χ1) is 9.19. The third-order valence-corrected chi connectivity index (χ3v) is 2.98. The average molecular weight is 322 g/mol. The molecule has 0 amide bonds. The number of hydrogen-bond donors (Lipinski definition) is 2. The van der Waals surface area contributed by atoms with Crippen LogP contribution < -0.4 is 15.8 Å². The van der Waals surface area contributed by atoms with E-state index in [1.807, 2.05) is 37.3 Å². The molecule has 5 heteroatoms. The highest BCUT2D eigenvalue weighted by Gasteiger charge is 2.04. The van der Waals surface area contributed by atoms with Crippen molar-refractivity contribution < 1.29 is 4.74 Å². The maximum Gasteiger partial charge on any atom is 0.239 e. The van der Waals surface area contributed by atoms with Gasteiger partial charge in [-0.2, -0.15) is 4.98 Å². The predicted octanol–water partition coefficient (Wildman–Crippen LogP) is 3.96. The zero-order valence-corrected chi connectivity index (χ0v) is 12.3. The molecule has 0 aliphatic rings. The van der Waals surface area contributed by atoms with E-state index in [9.17, 15) is 0 Å². The largest absolute Gasteiger partial charge is 0.476 e. The van der Waals surface area contributed by atoms with Gasteiger partial charge >= 0.3 is 0 Å². The molecule has 0 spiro atoms. The number of rotatable bonds is 5. The summed E-state index contributed by atoms with van der Waals surface area (Å²) in [7, 11) is 0. The summed E-state index contributed by atoms with van der Waals surface area (Å²) in [6.45, 7) is 2.65. The molecular weight excluding hydrogens is 306 g/mol. The van der Waals surface area contributed by atoms with Crippen LogP contribution in [0, 0.1) is 0 Å². The van der Waals surface area contributed by atoms with Crippen molar-refractivity contribution in [2.24, 2.45) is 0 Å². The number of benzene rings is 1. The van der Waals surface area contributed by atoms with Gasteiger partial charge in [0, 0.05) is 10.2 Å². The number of ether oxygens (including phenoxy) is 1. The monoisotopic (exact) mass is 321 g/mol. The van der Waals surface area contributed by atoms with Crippen LogP contribution >= 0.6 is 15.9 Å². The number of halogens is 1. The average Bonchev–Trinajstić information content (AvgIpc) is 2.42. The second-order valence-corrected chi connectivity index (χ2v) is 4.99. The second kappa shape index (κ2) is 6.43. The lowest BCUT2D eigenvalue weighted by Gasteiger charge is -2.10. The highest BCUT2D eigenvalue weighted by atomic mass is 79.9. The van der Waals surface area contributed by atoms with Gasteiger partial charge in [-0.25, -0.2) is 0 Å². The highest BCUT2D eigenvalue weighted by Crippen LogP contribution is 2.24. The maximum absolute atomic E-state index is 5.82. The van der Waals surface area contributed by atoms with Crippen LogP contribution in [0.15, 0.2) is 40.9 Å². The molecule has 1 heterocycles. The fourth-order valence-electron chi connectivity index (χ4n) is 1.52. The van der Waals surface area contributed by atoms with E-state index < -0.39 is 0 Å². The molecular formula is C14H16BrN3O. The van der Waals surface area contributed by atoms with E-state index in [4.69, 9.17) is 10.5 Å². The first-order valence-corrected chi connectivity index (χ1v) is 6.90. The van der Waals surface area contributed by atoms with Crippen LogP contribution in [0.5, 0.6) is 5.88 Å². The smallest absolute Gasteiger partial charge is 0.239 e. The zero-order valence-electron chi connectivity index (χ0n) is 10.7. The molecule has 0 saturated carbocycles. The van der Waals surface area contributed by atoms with E-state index in [-0.39, 0.29) is 0 Å². The first-order valence-electron chi connectivity index (χ1n) is 6.11. The van der Waals surface area contributed by atoms with Crippen LogP contribution in [0.3, 0.4) is 0 Å². The molecule has 0 saturated heterocycles. The van der Waals surface area contributed by atoms with Gasteiger partial charge < -0.3 is 15.8 Å². The number of nitrogens with zero attached hydrogens (tertiary/aromatic N) is 1. The highest BCUT2D eigenvalue weighted by molar-refractivity contribution is 9.10. The quantitative estimate of drug-likeness (QED) is 0.875. The van der Waals surface area contributed by atoms with Gasteiger partial charge in [0.15, 0.2) is 0 Å². The van der Waals surface area contributed by atoms with E-state index >= 15 is 0 Å². The van der Waals surface area contributed by atoms with E-state index in [0.29, 0.717) is 24.0 Å². The summed E-state index contributed by atoms with van der Waals surface area (Å²) in [6, 6.07) is 11.5. The number of hydrogen-bond acceptors (Lipinski definition) is 4. The van der Waals surface area contributed by atoms with Gasteiger partial charge in [0.05, 0.1) is 12.3 Å². The molecule has 0 unspecified atom stereocenters. The van der Waals surface area contributed by atoms with Crippen LogP contribution in [0.4, 0.5) is 17.2 Å². The lowest BCUT2D eigenvalue weighted by Crippen LogP contribution is -2.03.